The molecule has 0 aliphatic heterocycles. The minimum absolute atomic E-state index is 0.000799. The highest BCUT2D eigenvalue weighted by atomic mass is 35.5. The standard InChI is InChI=1S/C18H19ClN2O5S/c1-21(2)27(25,26)16-11-13(8-9-14(16)19)17(22)20-15(18(23)24)10-12-6-4-3-5-7-12/h3-9,11,15H,10H2,1-2H3,(H,20,22)(H,23,24). The number of hydrogen-bond donors (Lipinski definition) is 2. The zero-order valence-electron chi connectivity index (χ0n) is 14.7. The van der Waals surface area contributed by atoms with Crippen molar-refractivity contribution in [2.45, 2.75) is 17.4 Å². The lowest BCUT2D eigenvalue weighted by atomic mass is 10.1. The number of carbonyl (C=O) groups excluding carboxylic acids is 1. The SMILES string of the molecule is CN(C)S(=O)(=O)c1cc(C(=O)NC(Cc2ccccc2)C(=O)O)ccc1Cl. The van der Waals surface area contributed by atoms with Crippen LogP contribution in [0.15, 0.2) is 53.4 Å². The lowest BCUT2D eigenvalue weighted by Gasteiger charge is -2.16. The van der Waals surface area contributed by atoms with Gasteiger partial charge < -0.3 is 10.4 Å². The number of rotatable bonds is 7. The third-order valence-electron chi connectivity index (χ3n) is 3.84. The van der Waals surface area contributed by atoms with Crippen LogP contribution in [0.25, 0.3) is 0 Å². The predicted octanol–water partition coefficient (Wildman–Crippen LogP) is 2.02. The number of hydrogen-bond acceptors (Lipinski definition) is 4. The summed E-state index contributed by atoms with van der Waals surface area (Å²) in [6.07, 6.45) is 0.0956. The summed E-state index contributed by atoms with van der Waals surface area (Å²) in [5, 5.41) is 11.8. The van der Waals surface area contributed by atoms with Crippen molar-refractivity contribution < 1.29 is 23.1 Å². The van der Waals surface area contributed by atoms with Crippen LogP contribution in [-0.2, 0) is 21.2 Å². The second-order valence-electron chi connectivity index (χ2n) is 5.99. The Labute approximate surface area is 162 Å². The topological polar surface area (TPSA) is 104 Å². The molecular formula is C18H19ClN2O5S. The van der Waals surface area contributed by atoms with E-state index in [0.717, 1.165) is 15.9 Å². The lowest BCUT2D eigenvalue weighted by Crippen LogP contribution is -2.42. The molecule has 1 unspecified atom stereocenters. The number of amides is 1. The van der Waals surface area contributed by atoms with Crippen molar-refractivity contribution in [3.63, 3.8) is 0 Å². The summed E-state index contributed by atoms with van der Waals surface area (Å²) < 4.78 is 25.6. The Morgan fingerprint density at radius 1 is 1.15 bits per heavy atom. The maximum absolute atomic E-state index is 12.5. The van der Waals surface area contributed by atoms with Crippen molar-refractivity contribution >= 4 is 33.5 Å². The summed E-state index contributed by atoms with van der Waals surface area (Å²) in [6.45, 7) is 0. The summed E-state index contributed by atoms with van der Waals surface area (Å²) in [6, 6.07) is 11.5. The predicted molar refractivity (Wildman–Crippen MR) is 101 cm³/mol. The van der Waals surface area contributed by atoms with Gasteiger partial charge in [-0.3, -0.25) is 4.79 Å². The van der Waals surface area contributed by atoms with Crippen molar-refractivity contribution in [2.24, 2.45) is 0 Å². The number of carboxylic acid groups (broad SMARTS) is 1. The number of benzene rings is 2. The molecule has 144 valence electrons. The molecule has 0 aliphatic rings. The zero-order valence-corrected chi connectivity index (χ0v) is 16.3. The molecule has 0 fully saturated rings. The third-order valence-corrected chi connectivity index (χ3v) is 6.13. The Bertz CT molecular complexity index is 945. The molecule has 0 spiro atoms. The second-order valence-corrected chi connectivity index (χ2v) is 8.51. The number of halogens is 1. The third kappa shape index (κ3) is 5.06. The van der Waals surface area contributed by atoms with E-state index in [2.05, 4.69) is 5.32 Å². The molecule has 0 bridgehead atoms. The van der Waals surface area contributed by atoms with Crippen LogP contribution >= 0.6 is 11.6 Å². The molecule has 27 heavy (non-hydrogen) atoms. The normalized spacial score (nSPS) is 12.6. The van der Waals surface area contributed by atoms with Gasteiger partial charge in [0.25, 0.3) is 5.91 Å². The van der Waals surface area contributed by atoms with E-state index in [1.807, 2.05) is 0 Å². The first-order valence-electron chi connectivity index (χ1n) is 7.92. The van der Waals surface area contributed by atoms with E-state index < -0.39 is 27.9 Å². The fourth-order valence-corrected chi connectivity index (χ4v) is 3.72. The molecule has 0 aliphatic carbocycles. The van der Waals surface area contributed by atoms with E-state index in [4.69, 9.17) is 11.6 Å². The molecule has 7 nitrogen and oxygen atoms in total. The van der Waals surface area contributed by atoms with Gasteiger partial charge in [0.15, 0.2) is 0 Å². The quantitative estimate of drug-likeness (QED) is 0.726. The van der Waals surface area contributed by atoms with E-state index in [9.17, 15) is 23.1 Å². The average molecular weight is 411 g/mol. The van der Waals surface area contributed by atoms with Crippen molar-refractivity contribution in [1.82, 2.24) is 9.62 Å². The Morgan fingerprint density at radius 2 is 1.78 bits per heavy atom. The van der Waals surface area contributed by atoms with Gasteiger partial charge in [-0.25, -0.2) is 17.5 Å². The maximum atomic E-state index is 12.5. The van der Waals surface area contributed by atoms with Gasteiger partial charge >= 0.3 is 5.97 Å². The van der Waals surface area contributed by atoms with Gasteiger partial charge in [0, 0.05) is 26.1 Å². The van der Waals surface area contributed by atoms with Crippen LogP contribution in [0, 0.1) is 0 Å². The highest BCUT2D eigenvalue weighted by Crippen LogP contribution is 2.24. The van der Waals surface area contributed by atoms with Crippen LogP contribution in [0.2, 0.25) is 5.02 Å². The van der Waals surface area contributed by atoms with Gasteiger partial charge in [-0.15, -0.1) is 0 Å². The number of nitrogens with zero attached hydrogens (tertiary/aromatic N) is 1. The molecule has 1 atom stereocenters. The van der Waals surface area contributed by atoms with Crippen LogP contribution in [0.1, 0.15) is 15.9 Å². The number of sulfonamides is 1. The van der Waals surface area contributed by atoms with Crippen LogP contribution in [-0.4, -0.2) is 49.8 Å². The summed E-state index contributed by atoms with van der Waals surface area (Å²) in [5.74, 6) is -1.90. The van der Waals surface area contributed by atoms with Gasteiger partial charge in [0.1, 0.15) is 10.9 Å². The smallest absolute Gasteiger partial charge is 0.326 e. The Morgan fingerprint density at radius 3 is 2.33 bits per heavy atom. The number of nitrogens with one attached hydrogen (secondary N) is 1. The van der Waals surface area contributed by atoms with Crippen molar-refractivity contribution in [2.75, 3.05) is 14.1 Å². The second kappa shape index (κ2) is 8.51. The van der Waals surface area contributed by atoms with Crippen molar-refractivity contribution in [3.05, 3.63) is 64.7 Å². The molecule has 1 amide bonds. The molecule has 2 N–H and O–H groups in total. The van der Waals surface area contributed by atoms with Crippen molar-refractivity contribution in [3.8, 4) is 0 Å². The Balaban J connectivity index is 2.27. The Kier molecular flexibility index (Phi) is 6.59. The number of aliphatic carboxylic acids is 1. The first kappa shape index (κ1) is 20.9. The zero-order chi connectivity index (χ0) is 20.2. The first-order valence-corrected chi connectivity index (χ1v) is 9.74. The summed E-state index contributed by atoms with van der Waals surface area (Å²) in [5.41, 5.74) is 0.747. The van der Waals surface area contributed by atoms with Crippen LogP contribution < -0.4 is 5.32 Å². The summed E-state index contributed by atoms with van der Waals surface area (Å²) in [4.78, 5) is 23.8. The molecule has 2 rings (SSSR count). The highest BCUT2D eigenvalue weighted by molar-refractivity contribution is 7.89. The van der Waals surface area contributed by atoms with Gasteiger partial charge in [-0.1, -0.05) is 41.9 Å². The highest BCUT2D eigenvalue weighted by Gasteiger charge is 2.25. The number of carboxylic acids is 1. The molecule has 0 aromatic heterocycles. The lowest BCUT2D eigenvalue weighted by molar-refractivity contribution is -0.139. The Hall–Kier alpha value is -2.42. The summed E-state index contributed by atoms with van der Waals surface area (Å²) in [7, 11) is -1.16. The molecular weight excluding hydrogens is 392 g/mol. The van der Waals surface area contributed by atoms with Crippen LogP contribution in [0.3, 0.4) is 0 Å². The van der Waals surface area contributed by atoms with Crippen LogP contribution in [0.4, 0.5) is 0 Å². The molecule has 2 aromatic rings. The van der Waals surface area contributed by atoms with E-state index >= 15 is 0 Å². The monoisotopic (exact) mass is 410 g/mol. The molecule has 0 saturated heterocycles. The fourth-order valence-electron chi connectivity index (χ4n) is 2.33. The van der Waals surface area contributed by atoms with Gasteiger partial charge in [0.2, 0.25) is 10.0 Å². The molecule has 9 heteroatoms. The number of carbonyl (C=O) groups is 2. The minimum Gasteiger partial charge on any atom is -0.480 e. The van der Waals surface area contributed by atoms with Crippen LogP contribution in [0.5, 0.6) is 0 Å². The van der Waals surface area contributed by atoms with E-state index in [-0.39, 0.29) is 21.9 Å². The maximum Gasteiger partial charge on any atom is 0.326 e. The van der Waals surface area contributed by atoms with Gasteiger partial charge in [-0.05, 0) is 23.8 Å². The minimum atomic E-state index is -3.85. The summed E-state index contributed by atoms with van der Waals surface area (Å²) >= 11 is 5.96. The van der Waals surface area contributed by atoms with E-state index in [1.54, 1.807) is 30.3 Å². The van der Waals surface area contributed by atoms with Gasteiger partial charge in [0.05, 0.1) is 5.02 Å². The molecule has 0 heterocycles. The molecule has 2 aromatic carbocycles. The van der Waals surface area contributed by atoms with E-state index in [0.29, 0.717) is 0 Å². The van der Waals surface area contributed by atoms with E-state index in [1.165, 1.54) is 26.2 Å². The first-order chi connectivity index (χ1) is 12.6. The molecule has 0 radical (unpaired) electrons. The van der Waals surface area contributed by atoms with Gasteiger partial charge in [-0.2, -0.15) is 0 Å². The largest absolute Gasteiger partial charge is 0.480 e. The van der Waals surface area contributed by atoms with Crippen molar-refractivity contribution in [1.29, 1.82) is 0 Å². The fraction of sp³-hybridized carbons (Fsp3) is 0.222. The average Bonchev–Trinajstić information content (AvgIpc) is 2.61. The molecule has 0 saturated carbocycles.